The minimum atomic E-state index is -0.775. The molecule has 2 rings (SSSR count). The molecule has 2 N–H and O–H groups in total. The minimum absolute atomic E-state index is 0.0611. The van der Waals surface area contributed by atoms with Crippen LogP contribution in [0.3, 0.4) is 0 Å². The molecule has 0 radical (unpaired) electrons. The molecule has 0 fully saturated rings. The van der Waals surface area contributed by atoms with Gasteiger partial charge in [0.2, 0.25) is 11.7 Å². The van der Waals surface area contributed by atoms with Crippen molar-refractivity contribution < 1.29 is 24.5 Å². The summed E-state index contributed by atoms with van der Waals surface area (Å²) in [5, 5.41) is 34.9. The third kappa shape index (κ3) is 4.98. The number of aromatic hydroxyl groups is 1. The van der Waals surface area contributed by atoms with Gasteiger partial charge in [-0.3, -0.25) is 25.0 Å². The van der Waals surface area contributed by atoms with E-state index in [4.69, 9.17) is 4.74 Å². The van der Waals surface area contributed by atoms with Crippen LogP contribution < -0.4 is 10.2 Å². The molecule has 0 aromatic heterocycles. The summed E-state index contributed by atoms with van der Waals surface area (Å²) < 4.78 is 4.86. The summed E-state index contributed by atoms with van der Waals surface area (Å²) in [5.41, 5.74) is 2.38. The summed E-state index contributed by atoms with van der Waals surface area (Å²) in [6, 6.07) is 7.87. The number of nitro groups is 2. The van der Waals surface area contributed by atoms with Gasteiger partial charge in [-0.2, -0.15) is 5.10 Å². The van der Waals surface area contributed by atoms with Crippen molar-refractivity contribution in [3.63, 3.8) is 0 Å². The second-order valence-electron chi connectivity index (χ2n) is 5.24. The molecule has 2 aromatic carbocycles. The maximum absolute atomic E-state index is 11.8. The van der Waals surface area contributed by atoms with Gasteiger partial charge in [0.15, 0.2) is 5.75 Å². The third-order valence-corrected chi connectivity index (χ3v) is 3.41. The Kier molecular flexibility index (Phi) is 5.99. The normalized spacial score (nSPS) is 10.6. The van der Waals surface area contributed by atoms with Crippen LogP contribution in [0.1, 0.15) is 11.1 Å². The second kappa shape index (κ2) is 8.38. The molecule has 27 heavy (non-hydrogen) atoms. The molecule has 0 aliphatic heterocycles. The Labute approximate surface area is 152 Å². The molecule has 0 saturated carbocycles. The van der Waals surface area contributed by atoms with Gasteiger partial charge < -0.3 is 9.84 Å². The number of carbonyl (C=O) groups excluding carboxylic acids is 1. The number of hydrazone groups is 1. The first kappa shape index (κ1) is 19.3. The fourth-order valence-corrected chi connectivity index (χ4v) is 2.12. The first-order chi connectivity index (χ1) is 12.8. The molecule has 0 spiro atoms. The summed E-state index contributed by atoms with van der Waals surface area (Å²) in [6.07, 6.45) is 1.09. The number of hydrogen-bond donors (Lipinski definition) is 2. The second-order valence-corrected chi connectivity index (χ2v) is 5.24. The van der Waals surface area contributed by atoms with Gasteiger partial charge in [-0.15, -0.1) is 0 Å². The summed E-state index contributed by atoms with van der Waals surface area (Å²) in [6.45, 7) is 0. The molecule has 11 heteroatoms. The highest BCUT2D eigenvalue weighted by Crippen LogP contribution is 2.36. The molecule has 0 bridgehead atoms. The van der Waals surface area contributed by atoms with Gasteiger partial charge in [-0.1, -0.05) is 12.1 Å². The number of non-ortho nitro benzene ring substituents is 1. The van der Waals surface area contributed by atoms with Crippen LogP contribution in [-0.2, 0) is 11.2 Å². The summed E-state index contributed by atoms with van der Waals surface area (Å²) in [5.74, 6) is -1.20. The standard InChI is InChI=1S/C16H14N4O7/c1-27-14-7-11(6-13(16(14)22)20(25)26)9-17-18-15(21)8-10-2-4-12(5-3-10)19(23)24/h2-7,9,22H,8H2,1H3,(H,18,21)/b17-9-. The number of hydrogen-bond acceptors (Lipinski definition) is 8. The van der Waals surface area contributed by atoms with Crippen molar-refractivity contribution in [2.75, 3.05) is 7.11 Å². The number of benzene rings is 2. The first-order valence-electron chi connectivity index (χ1n) is 7.42. The Hall–Kier alpha value is -4.02. The highest BCUT2D eigenvalue weighted by Gasteiger charge is 2.19. The van der Waals surface area contributed by atoms with Crippen molar-refractivity contribution >= 4 is 23.5 Å². The first-order valence-corrected chi connectivity index (χ1v) is 7.42. The number of phenolic OH excluding ortho intramolecular Hbond substituents is 1. The predicted octanol–water partition coefficient (Wildman–Crippen LogP) is 1.91. The molecule has 0 aliphatic rings. The van der Waals surface area contributed by atoms with E-state index >= 15 is 0 Å². The van der Waals surface area contributed by atoms with E-state index in [-0.39, 0.29) is 23.4 Å². The Morgan fingerprint density at radius 3 is 2.44 bits per heavy atom. The van der Waals surface area contributed by atoms with Crippen LogP contribution in [0.5, 0.6) is 11.5 Å². The van der Waals surface area contributed by atoms with Crippen LogP contribution in [0.15, 0.2) is 41.5 Å². The van der Waals surface area contributed by atoms with Crippen molar-refractivity contribution in [3.8, 4) is 11.5 Å². The highest BCUT2D eigenvalue weighted by atomic mass is 16.6. The quantitative estimate of drug-likeness (QED) is 0.425. The van der Waals surface area contributed by atoms with Crippen molar-refractivity contribution in [1.29, 1.82) is 0 Å². The monoisotopic (exact) mass is 374 g/mol. The maximum Gasteiger partial charge on any atom is 0.315 e. The van der Waals surface area contributed by atoms with Crippen LogP contribution in [0.2, 0.25) is 0 Å². The van der Waals surface area contributed by atoms with Crippen LogP contribution in [0.4, 0.5) is 11.4 Å². The van der Waals surface area contributed by atoms with E-state index in [0.29, 0.717) is 5.56 Å². The topological polar surface area (TPSA) is 157 Å². The molecule has 1 amide bonds. The molecule has 11 nitrogen and oxygen atoms in total. The zero-order chi connectivity index (χ0) is 20.0. The lowest BCUT2D eigenvalue weighted by atomic mass is 10.1. The number of nitrogens with zero attached hydrogens (tertiary/aromatic N) is 3. The number of rotatable bonds is 7. The van der Waals surface area contributed by atoms with E-state index in [2.05, 4.69) is 10.5 Å². The van der Waals surface area contributed by atoms with E-state index in [1.807, 2.05) is 0 Å². The van der Waals surface area contributed by atoms with Crippen LogP contribution >= 0.6 is 0 Å². The van der Waals surface area contributed by atoms with E-state index in [1.165, 1.54) is 37.4 Å². The lowest BCUT2D eigenvalue weighted by molar-refractivity contribution is -0.386. The van der Waals surface area contributed by atoms with E-state index in [9.17, 15) is 30.1 Å². The number of carbonyl (C=O) groups is 1. The van der Waals surface area contributed by atoms with E-state index in [1.54, 1.807) is 0 Å². The third-order valence-electron chi connectivity index (χ3n) is 3.41. The predicted molar refractivity (Wildman–Crippen MR) is 93.9 cm³/mol. The number of amides is 1. The largest absolute Gasteiger partial charge is 0.500 e. The van der Waals surface area contributed by atoms with Crippen LogP contribution in [0.25, 0.3) is 0 Å². The molecule has 0 saturated heterocycles. The average molecular weight is 374 g/mol. The molecule has 2 aromatic rings. The fraction of sp³-hybridized carbons (Fsp3) is 0.125. The van der Waals surface area contributed by atoms with Crippen LogP contribution in [0, 0.1) is 20.2 Å². The molecular formula is C16H14N4O7. The van der Waals surface area contributed by atoms with Crippen molar-refractivity contribution in [1.82, 2.24) is 5.43 Å². The Morgan fingerprint density at radius 1 is 1.22 bits per heavy atom. The van der Waals surface area contributed by atoms with Gasteiger partial charge in [-0.25, -0.2) is 5.43 Å². The molecule has 0 unspecified atom stereocenters. The van der Waals surface area contributed by atoms with Crippen LogP contribution in [-0.4, -0.2) is 34.2 Å². The zero-order valence-corrected chi connectivity index (χ0v) is 14.0. The number of phenols is 1. The van der Waals surface area contributed by atoms with Crippen molar-refractivity contribution in [3.05, 3.63) is 67.8 Å². The minimum Gasteiger partial charge on any atom is -0.500 e. The average Bonchev–Trinajstić information content (AvgIpc) is 2.63. The maximum atomic E-state index is 11.8. The summed E-state index contributed by atoms with van der Waals surface area (Å²) in [7, 11) is 1.24. The molecule has 0 aliphatic carbocycles. The van der Waals surface area contributed by atoms with Gasteiger partial charge in [0.25, 0.3) is 5.69 Å². The molecule has 140 valence electrons. The summed E-state index contributed by atoms with van der Waals surface area (Å²) >= 11 is 0. The lowest BCUT2D eigenvalue weighted by Gasteiger charge is -2.05. The Morgan fingerprint density at radius 2 is 1.89 bits per heavy atom. The smallest absolute Gasteiger partial charge is 0.315 e. The van der Waals surface area contributed by atoms with Crippen molar-refractivity contribution in [2.24, 2.45) is 5.10 Å². The summed E-state index contributed by atoms with van der Waals surface area (Å²) in [4.78, 5) is 32.0. The van der Waals surface area contributed by atoms with Gasteiger partial charge in [0.05, 0.1) is 29.6 Å². The van der Waals surface area contributed by atoms with E-state index < -0.39 is 27.2 Å². The van der Waals surface area contributed by atoms with Crippen molar-refractivity contribution in [2.45, 2.75) is 6.42 Å². The Balaban J connectivity index is 2.04. The fourth-order valence-electron chi connectivity index (χ4n) is 2.12. The number of ether oxygens (including phenoxy) is 1. The number of nitrogens with one attached hydrogen (secondary N) is 1. The molecule has 0 heterocycles. The zero-order valence-electron chi connectivity index (χ0n) is 14.0. The van der Waals surface area contributed by atoms with Gasteiger partial charge in [0, 0.05) is 23.8 Å². The molecule has 0 atom stereocenters. The van der Waals surface area contributed by atoms with E-state index in [0.717, 1.165) is 12.3 Å². The highest BCUT2D eigenvalue weighted by molar-refractivity contribution is 5.85. The van der Waals surface area contributed by atoms with Gasteiger partial charge in [-0.05, 0) is 11.6 Å². The number of nitro benzene ring substituents is 2. The SMILES string of the molecule is COc1cc(/C=N\NC(=O)Cc2ccc([N+](=O)[O-])cc2)cc([N+](=O)[O-])c1O. The Bertz CT molecular complexity index is 910. The lowest BCUT2D eigenvalue weighted by Crippen LogP contribution is -2.19. The van der Waals surface area contributed by atoms with Gasteiger partial charge in [0.1, 0.15) is 0 Å². The molecular weight excluding hydrogens is 360 g/mol. The number of methoxy groups -OCH3 is 1. The van der Waals surface area contributed by atoms with Gasteiger partial charge >= 0.3 is 5.69 Å².